The average molecular weight is 779 g/mol. The van der Waals surface area contributed by atoms with E-state index in [0.717, 1.165) is 40.3 Å². The Balaban J connectivity index is 0.00000228. The molecule has 2 atom stereocenters. The van der Waals surface area contributed by atoms with Gasteiger partial charge in [0.1, 0.15) is 0 Å². The van der Waals surface area contributed by atoms with Crippen LogP contribution in [0.5, 0.6) is 0 Å². The zero-order chi connectivity index (χ0) is 41.2. The molecule has 10 rings (SSSR count). The molecule has 8 aromatic rings. The Labute approximate surface area is 354 Å². The van der Waals surface area contributed by atoms with Crippen LogP contribution in [0, 0.1) is 6.92 Å². The van der Waals surface area contributed by atoms with Gasteiger partial charge in [0.05, 0.1) is 22.8 Å². The number of hydrogen-bond acceptors (Lipinski definition) is 2. The predicted octanol–water partition coefficient (Wildman–Crippen LogP) is 14.9. The number of hydrogen-bond donors (Lipinski definition) is 0. The molecule has 7 aromatic carbocycles. The van der Waals surface area contributed by atoms with Crippen LogP contribution in [0.3, 0.4) is 0 Å². The molecule has 0 fully saturated rings. The molecule has 1 aromatic heterocycles. The van der Waals surface area contributed by atoms with Gasteiger partial charge in [-0.3, -0.25) is 4.99 Å². The molecule has 0 saturated carbocycles. The summed E-state index contributed by atoms with van der Waals surface area (Å²) in [7, 11) is 0. The lowest BCUT2D eigenvalue weighted by Gasteiger charge is -2.25. The molecular weight excluding hydrogens is 729 g/mol. The molecule has 1 aliphatic heterocycles. The summed E-state index contributed by atoms with van der Waals surface area (Å²) in [5.74, 6) is 1.03. The number of rotatable bonds is 7. The first kappa shape index (κ1) is 38.5. The van der Waals surface area contributed by atoms with E-state index in [0.29, 0.717) is 5.92 Å². The highest BCUT2D eigenvalue weighted by molar-refractivity contribution is 6.16. The minimum atomic E-state index is -0.0536. The van der Waals surface area contributed by atoms with Crippen molar-refractivity contribution < 1.29 is 0 Å². The minimum Gasteiger partial charge on any atom is -0.313 e. The number of para-hydroxylation sites is 1. The van der Waals surface area contributed by atoms with Crippen LogP contribution in [-0.4, -0.2) is 16.1 Å². The summed E-state index contributed by atoms with van der Waals surface area (Å²) in [4.78, 5) is 12.9. The predicted molar refractivity (Wildman–Crippen MR) is 256 cm³/mol. The second-order valence-electron chi connectivity index (χ2n) is 15.5. The van der Waals surface area contributed by atoms with E-state index in [2.05, 4.69) is 206 Å². The minimum absolute atomic E-state index is 0.0536. The molecule has 294 valence electrons. The lowest BCUT2D eigenvalue weighted by atomic mass is 9.90. The SMILES string of the molecule is CC.CC(=NC(=NC(C)c1ccccc1)c1ccc(N2C3=CC=CC[C@@H]3c3ccc(-c4cccc5c4c4cc(C)ccc4n5-c4ccccc4)cc32)cc1)c1ccccc1. The summed E-state index contributed by atoms with van der Waals surface area (Å²) in [6.07, 6.45) is 7.77. The van der Waals surface area contributed by atoms with Crippen molar-refractivity contribution in [2.24, 2.45) is 9.98 Å². The fourth-order valence-electron chi connectivity index (χ4n) is 8.86. The van der Waals surface area contributed by atoms with E-state index < -0.39 is 0 Å². The fourth-order valence-corrected chi connectivity index (χ4v) is 8.86. The van der Waals surface area contributed by atoms with Crippen molar-refractivity contribution in [3.05, 3.63) is 222 Å². The van der Waals surface area contributed by atoms with Crippen molar-refractivity contribution in [3.8, 4) is 16.8 Å². The van der Waals surface area contributed by atoms with Gasteiger partial charge in [0.25, 0.3) is 0 Å². The van der Waals surface area contributed by atoms with Crippen LogP contribution in [0.4, 0.5) is 11.4 Å². The lowest BCUT2D eigenvalue weighted by Crippen LogP contribution is -2.15. The summed E-state index contributed by atoms with van der Waals surface area (Å²) in [5, 5.41) is 2.55. The molecule has 1 aliphatic carbocycles. The lowest BCUT2D eigenvalue weighted by molar-refractivity contribution is 0.818. The molecule has 0 saturated heterocycles. The number of amidine groups is 1. The summed E-state index contributed by atoms with van der Waals surface area (Å²) >= 11 is 0. The fraction of sp³-hybridized carbons (Fsp3) is 0.143. The van der Waals surface area contributed by atoms with E-state index in [1.54, 1.807) is 0 Å². The summed E-state index contributed by atoms with van der Waals surface area (Å²) in [6.45, 7) is 10.4. The van der Waals surface area contributed by atoms with Gasteiger partial charge >= 0.3 is 0 Å². The Kier molecular flexibility index (Phi) is 10.7. The maximum Gasteiger partial charge on any atom is 0.155 e. The largest absolute Gasteiger partial charge is 0.313 e. The number of benzene rings is 7. The summed E-state index contributed by atoms with van der Waals surface area (Å²) < 4.78 is 2.41. The summed E-state index contributed by atoms with van der Waals surface area (Å²) in [6, 6.07) is 61.0. The van der Waals surface area contributed by atoms with Crippen LogP contribution < -0.4 is 4.90 Å². The highest BCUT2D eigenvalue weighted by atomic mass is 15.2. The number of aryl methyl sites for hydroxylation is 1. The van der Waals surface area contributed by atoms with Crippen molar-refractivity contribution in [1.82, 2.24) is 4.57 Å². The van der Waals surface area contributed by atoms with Gasteiger partial charge < -0.3 is 9.47 Å². The highest BCUT2D eigenvalue weighted by Crippen LogP contribution is 2.52. The second-order valence-corrected chi connectivity index (χ2v) is 15.5. The molecular formula is C56H50N4. The molecule has 0 spiro atoms. The maximum atomic E-state index is 5.22. The molecule has 2 aliphatic rings. The maximum absolute atomic E-state index is 5.22. The van der Waals surface area contributed by atoms with Crippen LogP contribution in [0.1, 0.15) is 73.9 Å². The topological polar surface area (TPSA) is 32.9 Å². The molecule has 0 N–H and O–H groups in total. The van der Waals surface area contributed by atoms with Gasteiger partial charge in [-0.25, -0.2) is 4.99 Å². The Bertz CT molecular complexity index is 2930. The molecule has 0 bridgehead atoms. The van der Waals surface area contributed by atoms with Crippen LogP contribution in [0.2, 0.25) is 0 Å². The van der Waals surface area contributed by atoms with Gasteiger partial charge in [-0.2, -0.15) is 0 Å². The van der Waals surface area contributed by atoms with Gasteiger partial charge in [-0.1, -0.05) is 141 Å². The van der Waals surface area contributed by atoms with Gasteiger partial charge in [0.15, 0.2) is 5.84 Å². The van der Waals surface area contributed by atoms with E-state index >= 15 is 0 Å². The Morgan fingerprint density at radius 1 is 0.667 bits per heavy atom. The zero-order valence-electron chi connectivity index (χ0n) is 35.0. The Hall–Kier alpha value is -7.04. The highest BCUT2D eigenvalue weighted by Gasteiger charge is 2.35. The first-order valence-electron chi connectivity index (χ1n) is 21.3. The molecule has 2 heterocycles. The van der Waals surface area contributed by atoms with Crippen LogP contribution in [0.15, 0.2) is 204 Å². The number of fused-ring (bicyclic) bond motifs is 6. The third kappa shape index (κ3) is 7.09. The van der Waals surface area contributed by atoms with E-state index in [1.807, 2.05) is 26.0 Å². The molecule has 4 nitrogen and oxygen atoms in total. The van der Waals surface area contributed by atoms with Crippen molar-refractivity contribution in [2.45, 2.75) is 53.0 Å². The number of aromatic nitrogens is 1. The van der Waals surface area contributed by atoms with Crippen molar-refractivity contribution >= 4 is 44.7 Å². The third-order valence-corrected chi connectivity index (χ3v) is 11.8. The summed E-state index contributed by atoms with van der Waals surface area (Å²) in [5.41, 5.74) is 16.5. The monoisotopic (exact) mass is 778 g/mol. The van der Waals surface area contributed by atoms with Crippen LogP contribution in [-0.2, 0) is 0 Å². The van der Waals surface area contributed by atoms with Gasteiger partial charge in [-0.15, -0.1) is 0 Å². The molecule has 4 heteroatoms. The van der Waals surface area contributed by atoms with Crippen LogP contribution in [0.25, 0.3) is 38.6 Å². The Morgan fingerprint density at radius 3 is 2.13 bits per heavy atom. The number of allylic oxidation sites excluding steroid dienone is 4. The van der Waals surface area contributed by atoms with E-state index in [9.17, 15) is 0 Å². The van der Waals surface area contributed by atoms with Crippen molar-refractivity contribution in [2.75, 3.05) is 4.90 Å². The van der Waals surface area contributed by atoms with Crippen molar-refractivity contribution in [1.29, 1.82) is 0 Å². The smallest absolute Gasteiger partial charge is 0.155 e. The molecule has 0 radical (unpaired) electrons. The average Bonchev–Trinajstić information content (AvgIpc) is 3.82. The zero-order valence-corrected chi connectivity index (χ0v) is 35.0. The van der Waals surface area contributed by atoms with Gasteiger partial charge in [0, 0.05) is 45.0 Å². The number of nitrogens with zero attached hydrogens (tertiary/aromatic N) is 4. The first-order chi connectivity index (χ1) is 29.5. The van der Waals surface area contributed by atoms with Crippen LogP contribution >= 0.6 is 0 Å². The molecule has 60 heavy (non-hydrogen) atoms. The third-order valence-electron chi connectivity index (χ3n) is 11.8. The number of anilines is 2. The standard InChI is InChI=1S/C54H44N4.C2H6/c1-36-26-33-50-48(34-36)53-45(23-15-25-51(53)57(50)43-20-11-6-12-21-43)42-29-32-47-46-22-13-14-24-49(46)58(52(47)35-42)44-30-27-41(28-31-44)54(55-37(2)39-16-7-4-8-17-39)56-38(3)40-18-9-5-10-19-40;1-2/h4-21,23-35,37,46H,22H2,1-3H3;1-2H3/t37?,46-;/m1./s1. The molecule has 0 amide bonds. The Morgan fingerprint density at radius 2 is 1.38 bits per heavy atom. The second kappa shape index (κ2) is 16.7. The van der Waals surface area contributed by atoms with E-state index in [-0.39, 0.29) is 6.04 Å². The molecule has 1 unspecified atom stereocenters. The van der Waals surface area contributed by atoms with E-state index in [1.165, 1.54) is 61.1 Å². The van der Waals surface area contributed by atoms with Gasteiger partial charge in [0.2, 0.25) is 0 Å². The van der Waals surface area contributed by atoms with Crippen molar-refractivity contribution in [3.63, 3.8) is 0 Å². The number of aliphatic imine (C=N–C) groups is 2. The first-order valence-corrected chi connectivity index (χ1v) is 21.3. The van der Waals surface area contributed by atoms with Gasteiger partial charge in [-0.05, 0) is 122 Å². The normalized spacial score (nSPS) is 15.3. The quantitative estimate of drug-likeness (QED) is 0.117. The van der Waals surface area contributed by atoms with E-state index in [4.69, 9.17) is 9.98 Å².